The molecule has 1 aliphatic rings. The summed E-state index contributed by atoms with van der Waals surface area (Å²) in [5.74, 6) is 0.646. The number of carbonyl (C=O) groups is 1. The number of benzene rings is 1. The number of nitrogens with one attached hydrogen (secondary N) is 1. The minimum atomic E-state index is -0.565. The van der Waals surface area contributed by atoms with Gasteiger partial charge >= 0.3 is 6.03 Å². The second-order valence-corrected chi connectivity index (χ2v) is 6.30. The first-order valence-corrected chi connectivity index (χ1v) is 7.94. The van der Waals surface area contributed by atoms with Crippen molar-refractivity contribution in [2.75, 3.05) is 13.2 Å². The number of para-hydroxylation sites is 1. The van der Waals surface area contributed by atoms with Crippen LogP contribution >= 0.6 is 11.6 Å². The molecule has 6 heteroatoms. The van der Waals surface area contributed by atoms with Crippen molar-refractivity contribution in [3.05, 3.63) is 28.8 Å². The molecule has 1 aliphatic heterocycles. The smallest absolute Gasteiger partial charge is 0.318 e. The molecule has 122 valence electrons. The Morgan fingerprint density at radius 2 is 2.23 bits per heavy atom. The predicted molar refractivity (Wildman–Crippen MR) is 86.4 cm³/mol. The van der Waals surface area contributed by atoms with Gasteiger partial charge in [0.05, 0.1) is 23.8 Å². The molecule has 2 unspecified atom stereocenters. The van der Waals surface area contributed by atoms with Crippen LogP contribution in [0.15, 0.2) is 18.2 Å². The van der Waals surface area contributed by atoms with Crippen LogP contribution in [0.3, 0.4) is 0 Å². The molecule has 1 aromatic rings. The zero-order valence-corrected chi connectivity index (χ0v) is 13.9. The van der Waals surface area contributed by atoms with Crippen molar-refractivity contribution >= 4 is 17.6 Å². The molecule has 2 N–H and O–H groups in total. The molecule has 0 radical (unpaired) electrons. The van der Waals surface area contributed by atoms with Crippen LogP contribution in [-0.4, -0.2) is 41.3 Å². The van der Waals surface area contributed by atoms with E-state index in [2.05, 4.69) is 5.32 Å². The third kappa shape index (κ3) is 3.84. The number of halogens is 1. The molecule has 1 aromatic carbocycles. The van der Waals surface area contributed by atoms with Crippen LogP contribution in [0.25, 0.3) is 0 Å². The highest BCUT2D eigenvalue weighted by Gasteiger charge is 2.27. The number of fused-ring (bicyclic) bond motifs is 1. The molecule has 0 saturated heterocycles. The fourth-order valence-electron chi connectivity index (χ4n) is 2.58. The lowest BCUT2D eigenvalue weighted by Crippen LogP contribution is -2.48. The number of rotatable bonds is 4. The number of hydrogen-bond acceptors (Lipinski definition) is 3. The lowest BCUT2D eigenvalue weighted by Gasteiger charge is -2.32. The first kappa shape index (κ1) is 16.9. The van der Waals surface area contributed by atoms with Gasteiger partial charge in [0.15, 0.2) is 0 Å². The van der Waals surface area contributed by atoms with Gasteiger partial charge in [0.2, 0.25) is 0 Å². The first-order valence-electron chi connectivity index (χ1n) is 7.56. The number of urea groups is 1. The maximum Gasteiger partial charge on any atom is 0.318 e. The van der Waals surface area contributed by atoms with Gasteiger partial charge in [-0.25, -0.2) is 4.79 Å². The van der Waals surface area contributed by atoms with E-state index in [4.69, 9.17) is 16.3 Å². The Labute approximate surface area is 136 Å². The van der Waals surface area contributed by atoms with Crippen molar-refractivity contribution in [2.45, 2.75) is 45.4 Å². The van der Waals surface area contributed by atoms with Gasteiger partial charge in [-0.05, 0) is 26.8 Å². The molecule has 0 aliphatic carbocycles. The number of amides is 2. The number of carbonyl (C=O) groups excluding carboxylic acids is 1. The average molecular weight is 327 g/mol. The standard InChI is InChI=1S/C16H23ClN2O3/c1-10(2)19(9-11(3)20)16(21)18-14-7-8-22-15-12(14)5-4-6-13(15)17/h4-6,10-11,14,20H,7-9H2,1-3H3,(H,18,21). The van der Waals surface area contributed by atoms with Gasteiger partial charge in [-0.3, -0.25) is 0 Å². The van der Waals surface area contributed by atoms with Gasteiger partial charge in [-0.1, -0.05) is 23.7 Å². The Hall–Kier alpha value is -1.46. The van der Waals surface area contributed by atoms with E-state index in [1.54, 1.807) is 17.9 Å². The Morgan fingerprint density at radius 1 is 1.50 bits per heavy atom. The molecular formula is C16H23ClN2O3. The number of aliphatic hydroxyl groups excluding tert-OH is 1. The Morgan fingerprint density at radius 3 is 2.86 bits per heavy atom. The van der Waals surface area contributed by atoms with Crippen molar-refractivity contribution in [3.8, 4) is 5.75 Å². The van der Waals surface area contributed by atoms with E-state index >= 15 is 0 Å². The van der Waals surface area contributed by atoms with Gasteiger partial charge in [-0.15, -0.1) is 0 Å². The Bertz CT molecular complexity index is 534. The summed E-state index contributed by atoms with van der Waals surface area (Å²) in [7, 11) is 0. The summed E-state index contributed by atoms with van der Waals surface area (Å²) >= 11 is 6.14. The monoisotopic (exact) mass is 326 g/mol. The minimum absolute atomic E-state index is 0.00766. The molecule has 0 spiro atoms. The van der Waals surface area contributed by atoms with Gasteiger partial charge in [0, 0.05) is 24.6 Å². The van der Waals surface area contributed by atoms with Crippen molar-refractivity contribution in [1.29, 1.82) is 0 Å². The largest absolute Gasteiger partial charge is 0.492 e. The van der Waals surface area contributed by atoms with Gasteiger partial charge < -0.3 is 20.1 Å². The molecule has 0 aromatic heterocycles. The van der Waals surface area contributed by atoms with Crippen molar-refractivity contribution < 1.29 is 14.6 Å². The summed E-state index contributed by atoms with van der Waals surface area (Å²) < 4.78 is 5.60. The topological polar surface area (TPSA) is 61.8 Å². The van der Waals surface area contributed by atoms with Gasteiger partial charge in [0.25, 0.3) is 0 Å². The number of ether oxygens (including phenoxy) is 1. The highest BCUT2D eigenvalue weighted by molar-refractivity contribution is 6.32. The number of aliphatic hydroxyl groups is 1. The molecule has 2 rings (SSSR count). The van der Waals surface area contributed by atoms with E-state index in [9.17, 15) is 9.90 Å². The molecule has 22 heavy (non-hydrogen) atoms. The molecule has 2 atom stereocenters. The fraction of sp³-hybridized carbons (Fsp3) is 0.562. The summed E-state index contributed by atoms with van der Waals surface area (Å²) in [6.45, 7) is 6.34. The average Bonchev–Trinajstić information content (AvgIpc) is 2.45. The van der Waals surface area contributed by atoms with Crippen LogP contribution in [0.2, 0.25) is 5.02 Å². The molecule has 5 nitrogen and oxygen atoms in total. The SMILES string of the molecule is CC(O)CN(C(=O)NC1CCOc2c(Cl)cccc21)C(C)C. The van der Waals surface area contributed by atoms with E-state index in [1.807, 2.05) is 26.0 Å². The van der Waals surface area contributed by atoms with E-state index in [1.165, 1.54) is 0 Å². The predicted octanol–water partition coefficient (Wildman–Crippen LogP) is 2.96. The lowest BCUT2D eigenvalue weighted by molar-refractivity contribution is 0.116. The molecule has 1 heterocycles. The third-order valence-corrected chi connectivity index (χ3v) is 3.97. The van der Waals surface area contributed by atoms with E-state index in [0.29, 0.717) is 30.3 Å². The zero-order chi connectivity index (χ0) is 16.3. The first-order chi connectivity index (χ1) is 10.4. The highest BCUT2D eigenvalue weighted by Crippen LogP contribution is 2.37. The maximum absolute atomic E-state index is 12.5. The minimum Gasteiger partial charge on any atom is -0.492 e. The third-order valence-electron chi connectivity index (χ3n) is 3.67. The summed E-state index contributed by atoms with van der Waals surface area (Å²) in [6, 6.07) is 5.23. The van der Waals surface area contributed by atoms with E-state index in [0.717, 1.165) is 5.56 Å². The Balaban J connectivity index is 2.14. The van der Waals surface area contributed by atoms with Crippen LogP contribution in [0.5, 0.6) is 5.75 Å². The summed E-state index contributed by atoms with van der Waals surface area (Å²) in [4.78, 5) is 14.1. The summed E-state index contributed by atoms with van der Waals surface area (Å²) in [5, 5.41) is 13.1. The Kier molecular flexibility index (Phi) is 5.53. The molecule has 0 bridgehead atoms. The van der Waals surface area contributed by atoms with Crippen LogP contribution in [-0.2, 0) is 0 Å². The van der Waals surface area contributed by atoms with Gasteiger partial charge in [-0.2, -0.15) is 0 Å². The van der Waals surface area contributed by atoms with E-state index in [-0.39, 0.29) is 18.1 Å². The van der Waals surface area contributed by atoms with Crippen LogP contribution < -0.4 is 10.1 Å². The number of nitrogens with zero attached hydrogens (tertiary/aromatic N) is 1. The summed E-state index contributed by atoms with van der Waals surface area (Å²) in [6.07, 6.45) is 0.129. The molecular weight excluding hydrogens is 304 g/mol. The second-order valence-electron chi connectivity index (χ2n) is 5.89. The lowest BCUT2D eigenvalue weighted by atomic mass is 10.0. The fourth-order valence-corrected chi connectivity index (χ4v) is 2.82. The maximum atomic E-state index is 12.5. The van der Waals surface area contributed by atoms with Crippen LogP contribution in [0, 0.1) is 0 Å². The summed E-state index contributed by atoms with van der Waals surface area (Å²) in [5.41, 5.74) is 0.896. The second kappa shape index (κ2) is 7.20. The molecule has 2 amide bonds. The highest BCUT2D eigenvalue weighted by atomic mass is 35.5. The van der Waals surface area contributed by atoms with Crippen LogP contribution in [0.1, 0.15) is 38.8 Å². The normalized spacial score (nSPS) is 18.4. The molecule has 0 saturated carbocycles. The van der Waals surface area contributed by atoms with E-state index < -0.39 is 6.10 Å². The van der Waals surface area contributed by atoms with Crippen molar-refractivity contribution in [1.82, 2.24) is 10.2 Å². The molecule has 0 fully saturated rings. The number of hydrogen-bond donors (Lipinski definition) is 2. The van der Waals surface area contributed by atoms with Crippen LogP contribution in [0.4, 0.5) is 4.79 Å². The quantitative estimate of drug-likeness (QED) is 0.894. The van der Waals surface area contributed by atoms with Gasteiger partial charge in [0.1, 0.15) is 5.75 Å². The van der Waals surface area contributed by atoms with Crippen molar-refractivity contribution in [2.24, 2.45) is 0 Å². The zero-order valence-electron chi connectivity index (χ0n) is 13.2. The van der Waals surface area contributed by atoms with Crippen molar-refractivity contribution in [3.63, 3.8) is 0 Å².